The molecule has 0 bridgehead atoms. The van der Waals surface area contributed by atoms with Gasteiger partial charge in [0.05, 0.1) is 22.6 Å². The summed E-state index contributed by atoms with van der Waals surface area (Å²) in [6.07, 6.45) is -3.11. The fourth-order valence-electron chi connectivity index (χ4n) is 2.45. The second-order valence-electron chi connectivity index (χ2n) is 5.63. The Balaban J connectivity index is 2.00. The van der Waals surface area contributed by atoms with E-state index in [1.807, 2.05) is 6.92 Å². The number of rotatable bonds is 7. The zero-order chi connectivity index (χ0) is 19.7. The number of hydrogen-bond donors (Lipinski definition) is 1. The molecule has 0 aliphatic rings. The highest BCUT2D eigenvalue weighted by Gasteiger charge is 2.38. The minimum absolute atomic E-state index is 0.0390. The first kappa shape index (κ1) is 20.7. The van der Waals surface area contributed by atoms with Crippen molar-refractivity contribution in [2.24, 2.45) is 0 Å². The van der Waals surface area contributed by atoms with Crippen LogP contribution in [0.25, 0.3) is 0 Å². The summed E-state index contributed by atoms with van der Waals surface area (Å²) in [5, 5.41) is 7.01. The van der Waals surface area contributed by atoms with Crippen molar-refractivity contribution in [2.45, 2.75) is 51.4 Å². The van der Waals surface area contributed by atoms with Crippen molar-refractivity contribution < 1.29 is 21.6 Å². The van der Waals surface area contributed by atoms with Gasteiger partial charge in [0.25, 0.3) is 0 Å². The Labute approximate surface area is 154 Å². The van der Waals surface area contributed by atoms with Crippen LogP contribution < -0.4 is 4.72 Å². The molecule has 2 aromatic heterocycles. The van der Waals surface area contributed by atoms with Gasteiger partial charge >= 0.3 is 6.18 Å². The van der Waals surface area contributed by atoms with E-state index >= 15 is 0 Å². The highest BCUT2D eigenvalue weighted by atomic mass is 35.5. The second kappa shape index (κ2) is 7.57. The summed E-state index contributed by atoms with van der Waals surface area (Å²) in [7, 11) is -3.74. The lowest BCUT2D eigenvalue weighted by Gasteiger charge is -2.08. The van der Waals surface area contributed by atoms with Crippen molar-refractivity contribution in [1.29, 1.82) is 0 Å². The first-order chi connectivity index (χ1) is 12.0. The van der Waals surface area contributed by atoms with E-state index in [0.717, 1.165) is 4.68 Å². The first-order valence-corrected chi connectivity index (χ1v) is 9.67. The van der Waals surface area contributed by atoms with Crippen molar-refractivity contribution in [3.63, 3.8) is 0 Å². The van der Waals surface area contributed by atoms with Crippen molar-refractivity contribution in [2.75, 3.05) is 6.54 Å². The summed E-state index contributed by atoms with van der Waals surface area (Å²) in [6, 6.07) is 0. The first-order valence-electron chi connectivity index (χ1n) is 7.81. The molecule has 2 aromatic rings. The summed E-state index contributed by atoms with van der Waals surface area (Å²) < 4.78 is 68.0. The zero-order valence-corrected chi connectivity index (χ0v) is 16.0. The largest absolute Gasteiger partial charge is 0.436 e. The number of nitrogens with zero attached hydrogens (tertiary/aromatic N) is 4. The van der Waals surface area contributed by atoms with E-state index in [2.05, 4.69) is 14.9 Å². The van der Waals surface area contributed by atoms with Gasteiger partial charge in [-0.25, -0.2) is 13.1 Å². The van der Waals surface area contributed by atoms with Gasteiger partial charge in [-0.3, -0.25) is 9.36 Å². The van der Waals surface area contributed by atoms with E-state index in [9.17, 15) is 21.6 Å². The number of sulfonamides is 1. The van der Waals surface area contributed by atoms with Crippen molar-refractivity contribution in [3.8, 4) is 0 Å². The Hall–Kier alpha value is -1.59. The van der Waals surface area contributed by atoms with Crippen molar-refractivity contribution in [3.05, 3.63) is 28.3 Å². The standard InChI is InChI=1S/C14H19ClF3N5O2S/c1-4-22-9(2)11(8-19-22)26(24,25)20-6-5-7-23-10(3)12(15)13(21-23)14(16,17)18/h8,20H,4-7H2,1-3H3. The molecule has 0 aliphatic heterocycles. The summed E-state index contributed by atoms with van der Waals surface area (Å²) in [5.74, 6) is 0. The van der Waals surface area contributed by atoms with E-state index in [-0.39, 0.29) is 30.1 Å². The number of nitrogens with one attached hydrogen (secondary N) is 1. The lowest BCUT2D eigenvalue weighted by atomic mass is 10.3. The Morgan fingerprint density at radius 3 is 2.38 bits per heavy atom. The fourth-order valence-corrected chi connectivity index (χ4v) is 3.94. The van der Waals surface area contributed by atoms with E-state index in [4.69, 9.17) is 11.6 Å². The van der Waals surface area contributed by atoms with E-state index in [0.29, 0.717) is 12.2 Å². The third-order valence-corrected chi connectivity index (χ3v) is 5.90. The third-order valence-electron chi connectivity index (χ3n) is 3.89. The maximum atomic E-state index is 12.8. The van der Waals surface area contributed by atoms with Gasteiger partial charge < -0.3 is 0 Å². The molecule has 0 amide bonds. The van der Waals surface area contributed by atoms with Gasteiger partial charge in [-0.1, -0.05) is 11.6 Å². The fraction of sp³-hybridized carbons (Fsp3) is 0.571. The molecule has 7 nitrogen and oxygen atoms in total. The molecule has 0 saturated carbocycles. The average molecular weight is 414 g/mol. The van der Waals surface area contributed by atoms with E-state index in [1.54, 1.807) is 11.6 Å². The van der Waals surface area contributed by atoms with Crippen LogP contribution >= 0.6 is 11.6 Å². The van der Waals surface area contributed by atoms with Crippen LogP contribution in [-0.4, -0.2) is 34.5 Å². The zero-order valence-electron chi connectivity index (χ0n) is 14.4. The molecule has 0 atom stereocenters. The van der Waals surface area contributed by atoms with Crippen LogP contribution in [0.15, 0.2) is 11.1 Å². The van der Waals surface area contributed by atoms with Crippen LogP contribution in [0.4, 0.5) is 13.2 Å². The van der Waals surface area contributed by atoms with Gasteiger partial charge in [0, 0.05) is 19.6 Å². The quantitative estimate of drug-likeness (QED) is 0.707. The second-order valence-corrected chi connectivity index (χ2v) is 7.74. The van der Waals surface area contributed by atoms with Crippen LogP contribution in [0.1, 0.15) is 30.4 Å². The molecule has 2 rings (SSSR count). The predicted octanol–water partition coefficient (Wildman–Crippen LogP) is 2.76. The molecule has 26 heavy (non-hydrogen) atoms. The predicted molar refractivity (Wildman–Crippen MR) is 89.4 cm³/mol. The van der Waals surface area contributed by atoms with E-state index < -0.39 is 26.9 Å². The molecule has 0 spiro atoms. The lowest BCUT2D eigenvalue weighted by molar-refractivity contribution is -0.141. The molecule has 0 aliphatic carbocycles. The minimum Gasteiger partial charge on any atom is -0.269 e. The van der Waals surface area contributed by atoms with Crippen LogP contribution in [0.5, 0.6) is 0 Å². The van der Waals surface area contributed by atoms with Gasteiger partial charge in [-0.15, -0.1) is 0 Å². The third kappa shape index (κ3) is 4.21. The number of halogens is 4. The number of aryl methyl sites for hydroxylation is 2. The molecule has 12 heteroatoms. The monoisotopic (exact) mass is 413 g/mol. The van der Waals surface area contributed by atoms with Crippen LogP contribution in [0, 0.1) is 13.8 Å². The molecular weight excluding hydrogens is 395 g/mol. The molecule has 0 aromatic carbocycles. The molecular formula is C14H19ClF3N5O2S. The molecule has 2 heterocycles. The summed E-state index contributed by atoms with van der Waals surface area (Å²) >= 11 is 5.67. The van der Waals surface area contributed by atoms with Crippen molar-refractivity contribution >= 4 is 21.6 Å². The normalized spacial score (nSPS) is 12.7. The maximum absolute atomic E-state index is 12.8. The summed E-state index contributed by atoms with van der Waals surface area (Å²) in [5.41, 5.74) is -0.439. The van der Waals surface area contributed by atoms with Crippen LogP contribution in [-0.2, 0) is 29.3 Å². The average Bonchev–Trinajstić information content (AvgIpc) is 3.05. The molecule has 0 saturated heterocycles. The minimum atomic E-state index is -4.63. The molecule has 0 unspecified atom stereocenters. The van der Waals surface area contributed by atoms with Crippen LogP contribution in [0.3, 0.4) is 0 Å². The lowest BCUT2D eigenvalue weighted by Crippen LogP contribution is -2.26. The van der Waals surface area contributed by atoms with Gasteiger partial charge in [0.2, 0.25) is 10.0 Å². The molecule has 1 N–H and O–H groups in total. The van der Waals surface area contributed by atoms with Gasteiger partial charge in [-0.05, 0) is 27.2 Å². The highest BCUT2D eigenvalue weighted by molar-refractivity contribution is 7.89. The summed E-state index contributed by atoms with van der Waals surface area (Å²) in [4.78, 5) is 0.0806. The molecule has 0 radical (unpaired) electrons. The smallest absolute Gasteiger partial charge is 0.269 e. The Kier molecular flexibility index (Phi) is 6.03. The van der Waals surface area contributed by atoms with Crippen LogP contribution in [0.2, 0.25) is 5.02 Å². The number of aromatic nitrogens is 4. The Morgan fingerprint density at radius 2 is 1.88 bits per heavy atom. The molecule has 146 valence electrons. The van der Waals surface area contributed by atoms with Gasteiger partial charge in [0.1, 0.15) is 4.90 Å². The van der Waals surface area contributed by atoms with Gasteiger partial charge in [0.15, 0.2) is 5.69 Å². The Bertz CT molecular complexity index is 889. The topological polar surface area (TPSA) is 81.8 Å². The van der Waals surface area contributed by atoms with E-state index in [1.165, 1.54) is 13.1 Å². The summed E-state index contributed by atoms with van der Waals surface area (Å²) in [6.45, 7) is 5.60. The SMILES string of the molecule is CCn1ncc(S(=O)(=O)NCCCn2nc(C(F)(F)F)c(Cl)c2C)c1C. The maximum Gasteiger partial charge on any atom is 0.436 e. The highest BCUT2D eigenvalue weighted by Crippen LogP contribution is 2.35. The Morgan fingerprint density at radius 1 is 1.23 bits per heavy atom. The number of hydrogen-bond acceptors (Lipinski definition) is 4. The van der Waals surface area contributed by atoms with Gasteiger partial charge in [-0.2, -0.15) is 23.4 Å². The van der Waals surface area contributed by atoms with Crippen molar-refractivity contribution in [1.82, 2.24) is 24.3 Å². The molecule has 0 fully saturated rings. The number of alkyl halides is 3.